The van der Waals surface area contributed by atoms with E-state index >= 15 is 0 Å². The number of nitrogens with zero attached hydrogens (tertiary/aromatic N) is 6. The summed E-state index contributed by atoms with van der Waals surface area (Å²) in [4.78, 5) is 22.1. The Morgan fingerprint density at radius 2 is 1.78 bits per heavy atom. The van der Waals surface area contributed by atoms with Gasteiger partial charge in [0.05, 0.1) is 5.69 Å². The Morgan fingerprint density at radius 3 is 2.38 bits per heavy atom. The Labute approximate surface area is 188 Å². The fraction of sp³-hybridized carbons (Fsp3) is 0.458. The van der Waals surface area contributed by atoms with Crippen LogP contribution in [0.25, 0.3) is 22.6 Å². The number of phenolic OH excluding ortho intramolecular Hbond substituents is 1. The van der Waals surface area contributed by atoms with Crippen molar-refractivity contribution in [3.8, 4) is 28.4 Å². The number of rotatable bonds is 4. The summed E-state index contributed by atoms with van der Waals surface area (Å²) in [6.07, 6.45) is 6.31. The van der Waals surface area contributed by atoms with Gasteiger partial charge in [0.15, 0.2) is 11.6 Å². The van der Waals surface area contributed by atoms with Gasteiger partial charge in [-0.15, -0.1) is 10.2 Å². The van der Waals surface area contributed by atoms with Crippen molar-refractivity contribution in [2.75, 3.05) is 11.9 Å². The van der Waals surface area contributed by atoms with E-state index in [4.69, 9.17) is 0 Å². The van der Waals surface area contributed by atoms with Crippen LogP contribution >= 0.6 is 0 Å². The van der Waals surface area contributed by atoms with Crippen LogP contribution in [0, 0.1) is 11.8 Å². The van der Waals surface area contributed by atoms with E-state index in [1.165, 1.54) is 23.7 Å². The second-order valence-electron chi connectivity index (χ2n) is 9.11. The number of hydrogen-bond donors (Lipinski definition) is 1. The smallest absolute Gasteiger partial charge is 0.350 e. The van der Waals surface area contributed by atoms with Crippen LogP contribution in [0.2, 0.25) is 0 Å². The molecule has 8 nitrogen and oxygen atoms in total. The van der Waals surface area contributed by atoms with Gasteiger partial charge in [0.25, 0.3) is 0 Å². The number of aromatic nitrogens is 5. The highest BCUT2D eigenvalue weighted by Gasteiger charge is 2.25. The van der Waals surface area contributed by atoms with Crippen LogP contribution in [0.15, 0.2) is 41.5 Å². The van der Waals surface area contributed by atoms with Crippen molar-refractivity contribution in [2.45, 2.75) is 45.6 Å². The van der Waals surface area contributed by atoms with E-state index in [9.17, 15) is 9.90 Å². The molecule has 0 amide bonds. The SMILES string of the molecule is C[C@@H]1CC[C@H](C)C[C@@H](N(C)c2ccc(-c3ccc(-c4ncn(C)c(=O)n4)cc3O)nn2)C1. The minimum atomic E-state index is -0.401. The highest BCUT2D eigenvalue weighted by Crippen LogP contribution is 2.33. The molecule has 0 saturated heterocycles. The summed E-state index contributed by atoms with van der Waals surface area (Å²) in [5.74, 6) is 2.57. The Hall–Kier alpha value is -3.29. The maximum absolute atomic E-state index is 11.8. The lowest BCUT2D eigenvalue weighted by Crippen LogP contribution is -2.34. The summed E-state index contributed by atoms with van der Waals surface area (Å²) in [5, 5.41) is 19.4. The summed E-state index contributed by atoms with van der Waals surface area (Å²) in [5.41, 5.74) is 1.31. The molecule has 0 spiro atoms. The molecule has 1 saturated carbocycles. The molecular formula is C24H30N6O2. The molecule has 2 aromatic heterocycles. The van der Waals surface area contributed by atoms with E-state index in [1.54, 1.807) is 25.2 Å². The van der Waals surface area contributed by atoms with Crippen LogP contribution in [0.4, 0.5) is 5.82 Å². The normalized spacial score (nSPS) is 21.2. The molecule has 0 radical (unpaired) electrons. The fourth-order valence-electron chi connectivity index (χ4n) is 4.41. The summed E-state index contributed by atoms with van der Waals surface area (Å²) in [6, 6.07) is 9.34. The molecule has 0 aliphatic heterocycles. The lowest BCUT2D eigenvalue weighted by atomic mass is 9.98. The maximum atomic E-state index is 11.8. The molecule has 0 bridgehead atoms. The number of hydrogen-bond acceptors (Lipinski definition) is 7. The van der Waals surface area contributed by atoms with Crippen LogP contribution in [0.3, 0.4) is 0 Å². The van der Waals surface area contributed by atoms with Gasteiger partial charge in [0.2, 0.25) is 0 Å². The van der Waals surface area contributed by atoms with Crippen molar-refractivity contribution in [3.63, 3.8) is 0 Å². The molecule has 1 N–H and O–H groups in total. The van der Waals surface area contributed by atoms with Gasteiger partial charge in [-0.25, -0.2) is 9.78 Å². The van der Waals surface area contributed by atoms with E-state index in [-0.39, 0.29) is 11.6 Å². The second kappa shape index (κ2) is 9.06. The molecular weight excluding hydrogens is 404 g/mol. The Kier molecular flexibility index (Phi) is 6.21. The number of aryl methyl sites for hydroxylation is 1. The zero-order valence-corrected chi connectivity index (χ0v) is 19.1. The van der Waals surface area contributed by atoms with Gasteiger partial charge < -0.3 is 10.0 Å². The van der Waals surface area contributed by atoms with Crippen LogP contribution in [-0.2, 0) is 7.05 Å². The van der Waals surface area contributed by atoms with Crippen molar-refractivity contribution in [1.29, 1.82) is 0 Å². The Morgan fingerprint density at radius 1 is 1.06 bits per heavy atom. The molecule has 3 aromatic rings. The average molecular weight is 435 g/mol. The minimum absolute atomic E-state index is 0.0357. The molecule has 1 fully saturated rings. The molecule has 0 unspecified atom stereocenters. The first-order chi connectivity index (χ1) is 15.3. The zero-order chi connectivity index (χ0) is 22.8. The molecule has 3 atom stereocenters. The third-order valence-electron chi connectivity index (χ3n) is 6.45. The highest BCUT2D eigenvalue weighted by atomic mass is 16.3. The third kappa shape index (κ3) is 4.64. The predicted molar refractivity (Wildman–Crippen MR) is 124 cm³/mol. The molecule has 1 aliphatic carbocycles. The van der Waals surface area contributed by atoms with Gasteiger partial charge in [-0.05, 0) is 48.9 Å². The highest BCUT2D eigenvalue weighted by molar-refractivity contribution is 5.72. The predicted octanol–water partition coefficient (Wildman–Crippen LogP) is 3.66. The van der Waals surface area contributed by atoms with Gasteiger partial charge in [-0.3, -0.25) is 4.57 Å². The van der Waals surface area contributed by atoms with E-state index in [1.807, 2.05) is 12.1 Å². The summed E-state index contributed by atoms with van der Waals surface area (Å²) < 4.78 is 1.29. The van der Waals surface area contributed by atoms with E-state index in [0.717, 1.165) is 18.7 Å². The first kappa shape index (κ1) is 21.9. The zero-order valence-electron chi connectivity index (χ0n) is 19.1. The third-order valence-corrected chi connectivity index (χ3v) is 6.45. The van der Waals surface area contributed by atoms with Crippen molar-refractivity contribution in [2.24, 2.45) is 18.9 Å². The molecule has 168 valence electrons. The first-order valence-electron chi connectivity index (χ1n) is 11.1. The van der Waals surface area contributed by atoms with Crippen LogP contribution in [0.1, 0.15) is 39.5 Å². The Bertz CT molecular complexity index is 1130. The largest absolute Gasteiger partial charge is 0.507 e. The maximum Gasteiger partial charge on any atom is 0.350 e. The lowest BCUT2D eigenvalue weighted by molar-refractivity contribution is 0.446. The van der Waals surface area contributed by atoms with E-state index in [2.05, 4.69) is 46.0 Å². The molecule has 4 rings (SSSR count). The first-order valence-corrected chi connectivity index (χ1v) is 11.1. The summed E-state index contributed by atoms with van der Waals surface area (Å²) in [6.45, 7) is 4.66. The lowest BCUT2D eigenvalue weighted by Gasteiger charge is -2.30. The molecule has 8 heteroatoms. The van der Waals surface area contributed by atoms with Crippen molar-refractivity contribution in [3.05, 3.63) is 47.1 Å². The van der Waals surface area contributed by atoms with Crippen LogP contribution < -0.4 is 10.6 Å². The van der Waals surface area contributed by atoms with Gasteiger partial charge in [-0.2, -0.15) is 4.98 Å². The number of aromatic hydroxyl groups is 1. The number of anilines is 1. The standard InChI is InChI=1S/C24H30N6O2/c1-15-5-6-16(2)12-18(11-15)30(4)22-10-9-20(27-28-22)19-8-7-17(13-21(19)31)23-25-14-29(3)24(32)26-23/h7-10,13-16,18,31H,5-6,11-12H2,1-4H3/t15-,16+,18+. The van der Waals surface area contributed by atoms with Crippen molar-refractivity contribution < 1.29 is 5.11 Å². The topological polar surface area (TPSA) is 97.0 Å². The average Bonchev–Trinajstić information content (AvgIpc) is 2.95. The van der Waals surface area contributed by atoms with Gasteiger partial charge in [0.1, 0.15) is 12.1 Å². The van der Waals surface area contributed by atoms with E-state index in [0.29, 0.717) is 34.7 Å². The molecule has 32 heavy (non-hydrogen) atoms. The van der Waals surface area contributed by atoms with Crippen molar-refractivity contribution >= 4 is 5.82 Å². The summed E-state index contributed by atoms with van der Waals surface area (Å²) >= 11 is 0. The second-order valence-corrected chi connectivity index (χ2v) is 9.11. The van der Waals surface area contributed by atoms with Crippen LogP contribution in [0.5, 0.6) is 5.75 Å². The van der Waals surface area contributed by atoms with Crippen molar-refractivity contribution in [1.82, 2.24) is 24.7 Å². The molecule has 2 heterocycles. The molecule has 1 aliphatic rings. The quantitative estimate of drug-likeness (QED) is 0.626. The van der Waals surface area contributed by atoms with Gasteiger partial charge in [-0.1, -0.05) is 32.8 Å². The van der Waals surface area contributed by atoms with E-state index < -0.39 is 5.69 Å². The van der Waals surface area contributed by atoms with Gasteiger partial charge in [0, 0.05) is 31.3 Å². The fourth-order valence-corrected chi connectivity index (χ4v) is 4.41. The number of benzene rings is 1. The Balaban J connectivity index is 1.54. The number of phenols is 1. The monoisotopic (exact) mass is 434 g/mol. The van der Waals surface area contributed by atoms with Gasteiger partial charge >= 0.3 is 5.69 Å². The summed E-state index contributed by atoms with van der Waals surface area (Å²) in [7, 11) is 3.68. The van der Waals surface area contributed by atoms with Crippen LogP contribution in [-0.4, -0.2) is 42.9 Å². The molecule has 1 aromatic carbocycles. The minimum Gasteiger partial charge on any atom is -0.507 e.